The Hall–Kier alpha value is -4.70. The Kier molecular flexibility index (Phi) is 9.43. The molecule has 12 nitrogen and oxygen atoms in total. The van der Waals surface area contributed by atoms with Gasteiger partial charge in [-0.1, -0.05) is 18.7 Å². The molecule has 4 aliphatic rings. The summed E-state index contributed by atoms with van der Waals surface area (Å²) in [6, 6.07) is 16.8. The first-order valence-corrected chi connectivity index (χ1v) is 16.9. The first-order chi connectivity index (χ1) is 23.5. The average molecular weight is 650 g/mol. The van der Waals surface area contributed by atoms with Crippen LogP contribution in [0.2, 0.25) is 0 Å². The third-order valence-electron chi connectivity index (χ3n) is 9.94. The molecular weight excluding hydrogens is 606 g/mol. The molecule has 1 saturated carbocycles. The smallest absolute Gasteiger partial charge is 0.247 e. The predicted molar refractivity (Wildman–Crippen MR) is 185 cm³/mol. The minimum absolute atomic E-state index is 0.0907. The second-order valence-electron chi connectivity index (χ2n) is 12.9. The van der Waals surface area contributed by atoms with Crippen molar-refractivity contribution in [1.29, 1.82) is 5.26 Å². The van der Waals surface area contributed by atoms with Crippen LogP contribution < -0.4 is 25.3 Å². The lowest BCUT2D eigenvalue weighted by molar-refractivity contribution is -0.111. The number of anilines is 5. The van der Waals surface area contributed by atoms with Crippen molar-refractivity contribution in [2.24, 2.45) is 0 Å². The second-order valence-corrected chi connectivity index (χ2v) is 12.9. The van der Waals surface area contributed by atoms with Gasteiger partial charge in [0.1, 0.15) is 17.9 Å². The molecule has 1 aliphatic carbocycles. The molecule has 0 radical (unpaired) electrons. The number of piperidine rings is 1. The van der Waals surface area contributed by atoms with Crippen molar-refractivity contribution in [2.45, 2.75) is 50.2 Å². The lowest BCUT2D eigenvalue weighted by atomic mass is 10.0. The number of methoxy groups -OCH3 is 1. The number of piperazine rings is 1. The number of carbonyl (C=O) groups excluding carboxylic acids is 1. The van der Waals surface area contributed by atoms with Crippen LogP contribution in [0.25, 0.3) is 0 Å². The van der Waals surface area contributed by atoms with Crippen molar-refractivity contribution in [3.8, 4) is 11.8 Å². The number of aromatic nitrogens is 2. The number of hydrogen-bond donors (Lipinski definition) is 2. The van der Waals surface area contributed by atoms with Gasteiger partial charge in [0.25, 0.3) is 0 Å². The summed E-state index contributed by atoms with van der Waals surface area (Å²) < 4.78 is 5.87. The molecule has 3 aliphatic heterocycles. The Labute approximate surface area is 281 Å². The van der Waals surface area contributed by atoms with Gasteiger partial charge in [-0.15, -0.1) is 0 Å². The van der Waals surface area contributed by atoms with Crippen molar-refractivity contribution in [2.75, 3.05) is 73.6 Å². The van der Waals surface area contributed by atoms with Gasteiger partial charge in [-0.2, -0.15) is 5.26 Å². The molecule has 1 amide bonds. The fraction of sp³-hybridized carbons (Fsp3) is 0.444. The van der Waals surface area contributed by atoms with Gasteiger partial charge in [-0.05, 0) is 55.5 Å². The van der Waals surface area contributed by atoms with E-state index in [1.807, 2.05) is 36.4 Å². The van der Waals surface area contributed by atoms with Crippen LogP contribution >= 0.6 is 0 Å². The lowest BCUT2D eigenvalue weighted by Crippen LogP contribution is -2.53. The molecule has 3 aromatic rings. The Bertz CT molecular complexity index is 1670. The van der Waals surface area contributed by atoms with E-state index in [-0.39, 0.29) is 11.9 Å². The number of ether oxygens (including phenoxy) is 1. The summed E-state index contributed by atoms with van der Waals surface area (Å²) in [5.41, 5.74) is 3.83. The summed E-state index contributed by atoms with van der Waals surface area (Å²) >= 11 is 0. The fourth-order valence-electron chi connectivity index (χ4n) is 7.25. The van der Waals surface area contributed by atoms with E-state index in [1.54, 1.807) is 18.2 Å². The molecular formula is C36H43N9O3. The van der Waals surface area contributed by atoms with Gasteiger partial charge in [0.2, 0.25) is 5.91 Å². The van der Waals surface area contributed by atoms with Gasteiger partial charge in [0, 0.05) is 69.9 Å². The highest BCUT2D eigenvalue weighted by molar-refractivity contribution is 6.02. The summed E-state index contributed by atoms with van der Waals surface area (Å²) in [7, 11) is 1.64. The maximum atomic E-state index is 12.6. The molecule has 1 aromatic heterocycles. The van der Waals surface area contributed by atoms with Crippen LogP contribution in [0.5, 0.6) is 5.75 Å². The minimum Gasteiger partial charge on any atom is -0.494 e. The van der Waals surface area contributed by atoms with Crippen LogP contribution in [-0.2, 0) is 9.63 Å². The van der Waals surface area contributed by atoms with Crippen molar-refractivity contribution in [1.82, 2.24) is 19.8 Å². The summed E-state index contributed by atoms with van der Waals surface area (Å²) in [4.78, 5) is 35.2. The van der Waals surface area contributed by atoms with E-state index in [9.17, 15) is 10.1 Å². The molecule has 4 heterocycles. The maximum Gasteiger partial charge on any atom is 0.247 e. The third kappa shape index (κ3) is 6.94. The first kappa shape index (κ1) is 31.9. The normalized spacial score (nSPS) is 20.7. The number of carbonyl (C=O) groups is 1. The van der Waals surface area contributed by atoms with Gasteiger partial charge in [-0.3, -0.25) is 19.4 Å². The lowest BCUT2D eigenvalue weighted by Gasteiger charge is -2.43. The average Bonchev–Trinajstić information content (AvgIpc) is 3.87. The number of nitrogens with one attached hydrogen (secondary N) is 2. The van der Waals surface area contributed by atoms with Gasteiger partial charge in [0.05, 0.1) is 48.5 Å². The first-order valence-electron chi connectivity index (χ1n) is 16.9. The topological polar surface area (TPSA) is 122 Å². The van der Waals surface area contributed by atoms with Crippen LogP contribution in [-0.4, -0.2) is 90.7 Å². The van der Waals surface area contributed by atoms with E-state index in [2.05, 4.69) is 47.9 Å². The van der Waals surface area contributed by atoms with Gasteiger partial charge >= 0.3 is 0 Å². The highest BCUT2D eigenvalue weighted by Crippen LogP contribution is 2.41. The largest absolute Gasteiger partial charge is 0.494 e. The van der Waals surface area contributed by atoms with E-state index < -0.39 is 0 Å². The van der Waals surface area contributed by atoms with E-state index in [1.165, 1.54) is 38.3 Å². The molecule has 4 fully saturated rings. The molecule has 2 N–H and O–H groups in total. The Balaban J connectivity index is 1.08. The fourth-order valence-corrected chi connectivity index (χ4v) is 7.25. The van der Waals surface area contributed by atoms with Gasteiger partial charge in [-0.25, -0.2) is 15.0 Å². The quantitative estimate of drug-likeness (QED) is 0.293. The molecule has 2 aromatic carbocycles. The number of hydroxylamine groups is 1. The van der Waals surface area contributed by atoms with Crippen LogP contribution in [0, 0.1) is 11.3 Å². The van der Waals surface area contributed by atoms with Crippen molar-refractivity contribution >= 4 is 34.6 Å². The molecule has 0 bridgehead atoms. The predicted octanol–water partition coefficient (Wildman–Crippen LogP) is 4.86. The summed E-state index contributed by atoms with van der Waals surface area (Å²) in [6.45, 7) is 10.7. The Morgan fingerprint density at radius 3 is 2.42 bits per heavy atom. The number of nitriles is 1. The standard InChI is InChI=1S/C36H43N9O3/c1-3-36(46)41-29-20-30(40-34-22-35(39-24-38-34)45-31(11-18-48-45)26-6-4-5-25(19-26)23-37)33(47-2)21-32(29)44-12-9-28(10-13-44)43-16-14-42(15-17-43)27-7-8-27/h3-6,19-22,24,27-28,31H,1,7-18H2,2H3,(H,41,46)(H,38,39,40)/t31-/m1/s1. The van der Waals surface area contributed by atoms with E-state index in [0.29, 0.717) is 47.0 Å². The molecule has 0 spiro atoms. The molecule has 1 atom stereocenters. The molecule has 48 heavy (non-hydrogen) atoms. The van der Waals surface area contributed by atoms with E-state index >= 15 is 0 Å². The number of hydrogen-bond acceptors (Lipinski definition) is 11. The molecule has 3 saturated heterocycles. The zero-order valence-corrected chi connectivity index (χ0v) is 27.5. The molecule has 7 rings (SSSR count). The number of nitrogens with zero attached hydrogens (tertiary/aromatic N) is 7. The zero-order chi connectivity index (χ0) is 33.0. The van der Waals surface area contributed by atoms with Crippen LogP contribution in [0.1, 0.15) is 49.3 Å². The van der Waals surface area contributed by atoms with Crippen molar-refractivity contribution < 1.29 is 14.4 Å². The minimum atomic E-state index is -0.280. The van der Waals surface area contributed by atoms with Crippen LogP contribution in [0.15, 0.2) is 61.4 Å². The molecule has 250 valence electrons. The molecule has 12 heteroatoms. The SMILES string of the molecule is C=CC(=O)Nc1cc(Nc2cc(N3OCC[C@@H]3c3cccc(C#N)c3)ncn2)c(OC)cc1N1CCC(N2CCN(C3CC3)CC2)CC1. The van der Waals surface area contributed by atoms with E-state index in [4.69, 9.17) is 9.57 Å². The third-order valence-corrected chi connectivity index (χ3v) is 9.94. The Morgan fingerprint density at radius 2 is 1.73 bits per heavy atom. The van der Waals surface area contributed by atoms with E-state index in [0.717, 1.165) is 62.7 Å². The maximum absolute atomic E-state index is 12.6. The van der Waals surface area contributed by atoms with Gasteiger partial charge in [0.15, 0.2) is 5.82 Å². The van der Waals surface area contributed by atoms with Crippen LogP contribution in [0.3, 0.4) is 0 Å². The number of rotatable bonds is 10. The molecule has 0 unspecified atom stereocenters. The zero-order valence-electron chi connectivity index (χ0n) is 27.5. The summed E-state index contributed by atoms with van der Waals surface area (Å²) in [5, 5.41) is 17.6. The summed E-state index contributed by atoms with van der Waals surface area (Å²) in [6.07, 6.45) is 8.42. The van der Waals surface area contributed by atoms with Gasteiger partial charge < -0.3 is 20.3 Å². The Morgan fingerprint density at radius 1 is 0.979 bits per heavy atom. The van der Waals surface area contributed by atoms with Crippen molar-refractivity contribution in [3.63, 3.8) is 0 Å². The number of benzene rings is 2. The highest BCUT2D eigenvalue weighted by Gasteiger charge is 2.34. The number of amides is 1. The second kappa shape index (κ2) is 14.2. The summed E-state index contributed by atoms with van der Waals surface area (Å²) in [5.74, 6) is 1.47. The highest BCUT2D eigenvalue weighted by atomic mass is 16.7. The van der Waals surface area contributed by atoms with Crippen molar-refractivity contribution in [3.05, 3.63) is 72.6 Å². The van der Waals surface area contributed by atoms with Crippen LogP contribution in [0.4, 0.5) is 28.7 Å². The monoisotopic (exact) mass is 649 g/mol.